The van der Waals surface area contributed by atoms with Crippen molar-refractivity contribution in [2.24, 2.45) is 5.92 Å². The quantitative estimate of drug-likeness (QED) is 0.0940. The van der Waals surface area contributed by atoms with Gasteiger partial charge in [0.05, 0.1) is 0 Å². The molecule has 4 heteroatoms. The summed E-state index contributed by atoms with van der Waals surface area (Å²) in [5, 5.41) is 0. The number of hydrogen-bond acceptors (Lipinski definition) is 3. The molecular formula is C27H48O3Ti. The van der Waals surface area contributed by atoms with Crippen molar-refractivity contribution < 1.29 is 36.1 Å². The molecule has 0 saturated carbocycles. The summed E-state index contributed by atoms with van der Waals surface area (Å²) in [5.74, 6) is 0.879. The zero-order valence-electron chi connectivity index (χ0n) is 20.8. The van der Waals surface area contributed by atoms with Crippen LogP contribution in [0, 0.1) is 12.3 Å². The van der Waals surface area contributed by atoms with Gasteiger partial charge in [-0.2, -0.15) is 20.3 Å². The van der Waals surface area contributed by atoms with E-state index < -0.39 is 0 Å². The Balaban J connectivity index is -0.000000155. The van der Waals surface area contributed by atoms with Gasteiger partial charge in [0.1, 0.15) is 0 Å². The van der Waals surface area contributed by atoms with Crippen LogP contribution in [0.2, 0.25) is 0 Å². The largest absolute Gasteiger partial charge is 4.00 e. The van der Waals surface area contributed by atoms with Gasteiger partial charge in [0, 0.05) is 0 Å². The molecule has 0 aliphatic heterocycles. The van der Waals surface area contributed by atoms with Crippen LogP contribution in [0.5, 0.6) is 0 Å². The van der Waals surface area contributed by atoms with Crippen LogP contribution in [0.3, 0.4) is 0 Å². The van der Waals surface area contributed by atoms with Crippen molar-refractivity contribution in [3.8, 4) is 0 Å². The van der Waals surface area contributed by atoms with E-state index in [9.17, 15) is 4.79 Å². The van der Waals surface area contributed by atoms with E-state index in [2.05, 4.69) is 27.0 Å². The van der Waals surface area contributed by atoms with Crippen LogP contribution in [-0.2, 0) is 36.1 Å². The first-order chi connectivity index (χ1) is 14.5. The predicted octanol–water partition coefficient (Wildman–Crippen LogP) is 8.01. The fraction of sp³-hybridized carbons (Fsp3) is 0.704. The maximum absolute atomic E-state index is 10.0. The molecule has 0 amide bonds. The Morgan fingerprint density at radius 1 is 0.677 bits per heavy atom. The van der Waals surface area contributed by atoms with E-state index in [4.69, 9.17) is 9.59 Å². The summed E-state index contributed by atoms with van der Waals surface area (Å²) in [6.45, 7) is 14.7. The van der Waals surface area contributed by atoms with Gasteiger partial charge in [-0.1, -0.05) is 97.3 Å². The number of hydrogen-bond donors (Lipinski definition) is 0. The van der Waals surface area contributed by atoms with Crippen molar-refractivity contribution in [2.75, 3.05) is 0 Å². The van der Waals surface area contributed by atoms with Gasteiger partial charge in [-0.3, -0.25) is 6.29 Å². The minimum atomic E-state index is 0. The van der Waals surface area contributed by atoms with E-state index in [-0.39, 0.29) is 21.7 Å². The van der Waals surface area contributed by atoms with Gasteiger partial charge in [0.25, 0.3) is 0 Å². The Labute approximate surface area is 209 Å². The molecule has 178 valence electrons. The van der Waals surface area contributed by atoms with Crippen molar-refractivity contribution in [1.29, 1.82) is 0 Å². The number of allylic oxidation sites excluding steroid dienone is 2. The van der Waals surface area contributed by atoms with Crippen LogP contribution in [0.25, 0.3) is 0 Å². The fourth-order valence-corrected chi connectivity index (χ4v) is 2.52. The monoisotopic (exact) mass is 468 g/mol. The van der Waals surface area contributed by atoms with Crippen LogP contribution in [0.15, 0.2) is 25.3 Å². The maximum Gasteiger partial charge on any atom is 4.00 e. The Morgan fingerprint density at radius 3 is 1.16 bits per heavy atom. The molecule has 0 radical (unpaired) electrons. The van der Waals surface area contributed by atoms with Gasteiger partial charge < -0.3 is 20.8 Å². The fourth-order valence-electron chi connectivity index (χ4n) is 2.52. The van der Waals surface area contributed by atoms with Crippen LogP contribution >= 0.6 is 0 Å². The Kier molecular flexibility index (Phi) is 61.6. The van der Waals surface area contributed by atoms with Crippen molar-refractivity contribution in [2.45, 2.75) is 118 Å². The SMILES string of the molecule is C=C[C-]=O.C=C[C-]=O.CC(C)CCCCCCCCCCCCCC[C-]=O.C[CH-]C.[Ti+4]. The van der Waals surface area contributed by atoms with Gasteiger partial charge in [-0.05, 0) is 18.5 Å². The van der Waals surface area contributed by atoms with E-state index >= 15 is 0 Å². The molecule has 31 heavy (non-hydrogen) atoms. The normalized spacial score (nSPS) is 8.68. The molecule has 0 aromatic carbocycles. The Bertz CT molecular complexity index is 317. The van der Waals surface area contributed by atoms with E-state index in [0.717, 1.165) is 24.5 Å². The molecule has 0 aromatic rings. The number of unbranched alkanes of at least 4 members (excludes halogenated alkanes) is 12. The zero-order valence-corrected chi connectivity index (χ0v) is 22.4. The summed E-state index contributed by atoms with van der Waals surface area (Å²) in [5.41, 5.74) is 0. The molecule has 0 atom stereocenters. The average Bonchev–Trinajstić information content (AvgIpc) is 2.74. The first-order valence-electron chi connectivity index (χ1n) is 11.6. The van der Waals surface area contributed by atoms with E-state index in [1.165, 1.54) is 89.6 Å². The average molecular weight is 469 g/mol. The van der Waals surface area contributed by atoms with Crippen LogP contribution in [0.1, 0.15) is 118 Å². The van der Waals surface area contributed by atoms with Gasteiger partial charge >= 0.3 is 21.7 Å². The van der Waals surface area contributed by atoms with Gasteiger partial charge in [0.15, 0.2) is 0 Å². The molecule has 0 saturated heterocycles. The molecule has 0 spiro atoms. The predicted molar refractivity (Wildman–Crippen MR) is 133 cm³/mol. The standard InChI is InChI=1S/C18H35O.2C3H3O.C3H7.Ti/c1-18(2)16-14-12-10-8-6-4-3-5-7-9-11-13-15-17-19;2*1-2-3-4;1-3-2;/h18H,3-16H2,1-2H3;2*2H,1H2;3H,1-2H3;/q4*-1;+4. The van der Waals surface area contributed by atoms with E-state index in [1.807, 2.05) is 26.6 Å². The molecule has 0 rings (SSSR count). The molecule has 0 unspecified atom stereocenters. The molecule has 0 aromatic heterocycles. The molecule has 0 heterocycles. The number of carbonyl (C=O) groups excluding carboxylic acids is 3. The van der Waals surface area contributed by atoms with Crippen molar-refractivity contribution in [3.05, 3.63) is 31.7 Å². The van der Waals surface area contributed by atoms with Crippen LogP contribution < -0.4 is 0 Å². The van der Waals surface area contributed by atoms with Crippen LogP contribution in [0.4, 0.5) is 0 Å². The van der Waals surface area contributed by atoms with E-state index in [1.54, 1.807) is 0 Å². The molecule has 0 N–H and O–H groups in total. The van der Waals surface area contributed by atoms with Crippen molar-refractivity contribution in [1.82, 2.24) is 0 Å². The molecule has 0 aliphatic rings. The first kappa shape index (κ1) is 40.6. The molecule has 3 nitrogen and oxygen atoms in total. The van der Waals surface area contributed by atoms with E-state index in [0.29, 0.717) is 6.42 Å². The molecule has 0 bridgehead atoms. The summed E-state index contributed by atoms with van der Waals surface area (Å²) in [4.78, 5) is 27.9. The zero-order chi connectivity index (χ0) is 23.7. The second-order valence-corrected chi connectivity index (χ2v) is 7.54. The third-order valence-electron chi connectivity index (χ3n) is 3.98. The molecule has 0 aliphatic carbocycles. The minimum absolute atomic E-state index is 0. The smallest absolute Gasteiger partial charge is 0.542 e. The topological polar surface area (TPSA) is 51.2 Å². The van der Waals surface area contributed by atoms with Crippen LogP contribution in [-0.4, -0.2) is 18.9 Å². The van der Waals surface area contributed by atoms with Crippen molar-refractivity contribution in [3.63, 3.8) is 0 Å². The summed E-state index contributed by atoms with van der Waals surface area (Å²) in [6, 6.07) is 0. The van der Waals surface area contributed by atoms with Gasteiger partial charge in [-0.25, -0.2) is 25.3 Å². The van der Waals surface area contributed by atoms with Gasteiger partial charge in [-0.15, -0.1) is 0 Å². The maximum atomic E-state index is 10.0. The Hall–Kier alpha value is -0.796. The second-order valence-electron chi connectivity index (χ2n) is 7.54. The summed E-state index contributed by atoms with van der Waals surface area (Å²) in [6.07, 6.45) is 27.3. The third kappa shape index (κ3) is 73.0. The summed E-state index contributed by atoms with van der Waals surface area (Å²) in [7, 11) is 0. The minimum Gasteiger partial charge on any atom is -0.542 e. The number of rotatable bonds is 17. The second kappa shape index (κ2) is 47.1. The first-order valence-corrected chi connectivity index (χ1v) is 11.6. The summed E-state index contributed by atoms with van der Waals surface area (Å²) < 4.78 is 0. The summed E-state index contributed by atoms with van der Waals surface area (Å²) >= 11 is 0. The molecular weight excluding hydrogens is 420 g/mol. The third-order valence-corrected chi connectivity index (χ3v) is 3.98. The molecule has 0 fully saturated rings. The van der Waals surface area contributed by atoms with Crippen molar-refractivity contribution >= 4 is 18.9 Å². The Morgan fingerprint density at radius 2 is 0.935 bits per heavy atom. The van der Waals surface area contributed by atoms with Gasteiger partial charge in [0.2, 0.25) is 0 Å².